The normalized spacial score (nSPS) is 14.9. The first-order chi connectivity index (χ1) is 11.8. The molecule has 0 aliphatic carbocycles. The fourth-order valence-corrected chi connectivity index (χ4v) is 2.86. The van der Waals surface area contributed by atoms with Crippen molar-refractivity contribution in [3.63, 3.8) is 0 Å². The summed E-state index contributed by atoms with van der Waals surface area (Å²) in [5, 5.41) is 6.65. The van der Waals surface area contributed by atoms with Crippen LogP contribution in [0.1, 0.15) is 24.2 Å². The Bertz CT molecular complexity index is 647. The first-order valence-electron chi connectivity index (χ1n) is 8.52. The number of rotatable bonds is 6. The minimum Gasteiger partial charge on any atom is -0.469 e. The van der Waals surface area contributed by atoms with Crippen LogP contribution in [-0.4, -0.2) is 37.6 Å². The molecule has 0 saturated carbocycles. The topological polar surface area (TPSA) is 65.7 Å². The van der Waals surface area contributed by atoms with Gasteiger partial charge in [-0.3, -0.25) is 4.99 Å². The maximum Gasteiger partial charge on any atom is 0.191 e. The zero-order valence-corrected chi connectivity index (χ0v) is 14.2. The van der Waals surface area contributed by atoms with Gasteiger partial charge in [-0.1, -0.05) is 0 Å². The van der Waals surface area contributed by atoms with Crippen LogP contribution in [0.5, 0.6) is 0 Å². The maximum atomic E-state index is 5.33. The molecule has 1 aliphatic heterocycles. The summed E-state index contributed by atoms with van der Waals surface area (Å²) in [6, 6.07) is 8.09. The van der Waals surface area contributed by atoms with Gasteiger partial charge < -0.3 is 20.0 Å². The summed E-state index contributed by atoms with van der Waals surface area (Å²) >= 11 is 0. The Hall–Kier alpha value is -2.50. The van der Waals surface area contributed by atoms with Crippen LogP contribution in [0.2, 0.25) is 0 Å². The monoisotopic (exact) mass is 327 g/mol. The van der Waals surface area contributed by atoms with E-state index in [1.807, 2.05) is 24.4 Å². The molecule has 0 atom stereocenters. The van der Waals surface area contributed by atoms with Crippen LogP contribution < -0.4 is 15.5 Å². The van der Waals surface area contributed by atoms with Crippen molar-refractivity contribution >= 4 is 11.8 Å². The zero-order chi connectivity index (χ0) is 16.6. The average molecular weight is 327 g/mol. The van der Waals surface area contributed by atoms with E-state index in [4.69, 9.17) is 4.42 Å². The summed E-state index contributed by atoms with van der Waals surface area (Å²) in [5.41, 5.74) is 1.21. The highest BCUT2D eigenvalue weighted by molar-refractivity contribution is 5.79. The van der Waals surface area contributed by atoms with E-state index in [2.05, 4.69) is 31.6 Å². The van der Waals surface area contributed by atoms with E-state index in [-0.39, 0.29) is 0 Å². The lowest BCUT2D eigenvalue weighted by molar-refractivity contribution is 0.507. The van der Waals surface area contributed by atoms with Crippen molar-refractivity contribution in [3.05, 3.63) is 48.0 Å². The van der Waals surface area contributed by atoms with Crippen LogP contribution in [0.4, 0.5) is 5.82 Å². The summed E-state index contributed by atoms with van der Waals surface area (Å²) in [4.78, 5) is 11.1. The van der Waals surface area contributed by atoms with Gasteiger partial charge >= 0.3 is 0 Å². The first-order valence-corrected chi connectivity index (χ1v) is 8.52. The van der Waals surface area contributed by atoms with Crippen LogP contribution in [0, 0.1) is 0 Å². The molecule has 2 aromatic heterocycles. The second-order valence-corrected chi connectivity index (χ2v) is 5.90. The molecular formula is C18H25N5O. The number of hydrogen-bond acceptors (Lipinski definition) is 4. The third kappa shape index (κ3) is 4.50. The number of furan rings is 1. The van der Waals surface area contributed by atoms with E-state index in [1.54, 1.807) is 13.3 Å². The molecule has 0 amide bonds. The smallest absolute Gasteiger partial charge is 0.191 e. The summed E-state index contributed by atoms with van der Waals surface area (Å²) in [6.45, 7) is 3.73. The molecule has 2 N–H and O–H groups in total. The summed E-state index contributed by atoms with van der Waals surface area (Å²) in [6.07, 6.45) is 6.94. The predicted molar refractivity (Wildman–Crippen MR) is 96.3 cm³/mol. The standard InChI is InChI=1S/C18H25N5O/c1-19-18(21-9-7-16-5-4-12-24-16)22-14-15-6-8-20-17(13-15)23-10-2-3-11-23/h4-6,8,12-13H,2-3,7,9-11,14H2,1H3,(H2,19,21,22). The van der Waals surface area contributed by atoms with Gasteiger partial charge in [-0.05, 0) is 42.7 Å². The van der Waals surface area contributed by atoms with Gasteiger partial charge in [-0.15, -0.1) is 0 Å². The van der Waals surface area contributed by atoms with Crippen molar-refractivity contribution in [1.29, 1.82) is 0 Å². The van der Waals surface area contributed by atoms with Gasteiger partial charge in [0.25, 0.3) is 0 Å². The fraction of sp³-hybridized carbons (Fsp3) is 0.444. The predicted octanol–water partition coefficient (Wildman–Crippen LogP) is 2.18. The lowest BCUT2D eigenvalue weighted by atomic mass is 10.2. The number of nitrogens with zero attached hydrogens (tertiary/aromatic N) is 3. The van der Waals surface area contributed by atoms with Crippen molar-refractivity contribution in [1.82, 2.24) is 15.6 Å². The molecule has 6 heteroatoms. The number of guanidine groups is 1. The number of aromatic nitrogens is 1. The summed E-state index contributed by atoms with van der Waals surface area (Å²) in [7, 11) is 1.78. The number of hydrogen-bond donors (Lipinski definition) is 2. The van der Waals surface area contributed by atoms with Crippen molar-refractivity contribution in [3.8, 4) is 0 Å². The average Bonchev–Trinajstić information content (AvgIpc) is 3.31. The first kappa shape index (κ1) is 16.4. The van der Waals surface area contributed by atoms with Gasteiger partial charge in [-0.2, -0.15) is 0 Å². The van der Waals surface area contributed by atoms with Crippen molar-refractivity contribution < 1.29 is 4.42 Å². The Labute approximate surface area is 143 Å². The number of aliphatic imine (C=N–C) groups is 1. The largest absolute Gasteiger partial charge is 0.469 e. The van der Waals surface area contributed by atoms with Gasteiger partial charge in [0.2, 0.25) is 0 Å². The molecule has 2 aromatic rings. The Balaban J connectivity index is 1.47. The molecule has 0 aromatic carbocycles. The lowest BCUT2D eigenvalue weighted by Gasteiger charge is -2.17. The highest BCUT2D eigenvalue weighted by Crippen LogP contribution is 2.18. The molecule has 0 unspecified atom stereocenters. The molecule has 0 bridgehead atoms. The van der Waals surface area contributed by atoms with Crippen molar-refractivity contribution in [2.45, 2.75) is 25.8 Å². The van der Waals surface area contributed by atoms with Gasteiger partial charge in [0.15, 0.2) is 5.96 Å². The van der Waals surface area contributed by atoms with Crippen LogP contribution in [-0.2, 0) is 13.0 Å². The Morgan fingerprint density at radius 2 is 2.17 bits per heavy atom. The Kier molecular flexibility index (Phi) is 5.71. The number of pyridine rings is 1. The molecule has 128 valence electrons. The Morgan fingerprint density at radius 3 is 2.92 bits per heavy atom. The third-order valence-corrected chi connectivity index (χ3v) is 4.17. The SMILES string of the molecule is CN=C(NCCc1ccco1)NCc1ccnc(N2CCCC2)c1. The highest BCUT2D eigenvalue weighted by atomic mass is 16.3. The third-order valence-electron chi connectivity index (χ3n) is 4.17. The van der Waals surface area contributed by atoms with Gasteiger partial charge in [0, 0.05) is 45.8 Å². The molecule has 1 fully saturated rings. The molecular weight excluding hydrogens is 302 g/mol. The second-order valence-electron chi connectivity index (χ2n) is 5.90. The molecule has 1 aliphatic rings. The molecule has 0 radical (unpaired) electrons. The van der Waals surface area contributed by atoms with Gasteiger partial charge in [-0.25, -0.2) is 4.98 Å². The Morgan fingerprint density at radius 1 is 1.29 bits per heavy atom. The molecule has 1 saturated heterocycles. The fourth-order valence-electron chi connectivity index (χ4n) is 2.86. The van der Waals surface area contributed by atoms with Gasteiger partial charge in [0.1, 0.15) is 11.6 Å². The summed E-state index contributed by atoms with van der Waals surface area (Å²) < 4.78 is 5.33. The maximum absolute atomic E-state index is 5.33. The summed E-state index contributed by atoms with van der Waals surface area (Å²) in [5.74, 6) is 2.84. The van der Waals surface area contributed by atoms with Crippen LogP contribution >= 0.6 is 0 Å². The van der Waals surface area contributed by atoms with Crippen LogP contribution in [0.25, 0.3) is 0 Å². The van der Waals surface area contributed by atoms with E-state index in [9.17, 15) is 0 Å². The van der Waals surface area contributed by atoms with Crippen LogP contribution in [0.15, 0.2) is 46.1 Å². The van der Waals surface area contributed by atoms with E-state index in [1.165, 1.54) is 18.4 Å². The number of nitrogens with one attached hydrogen (secondary N) is 2. The minimum absolute atomic E-state index is 0.726. The zero-order valence-electron chi connectivity index (χ0n) is 14.2. The molecule has 0 spiro atoms. The van der Waals surface area contributed by atoms with E-state index >= 15 is 0 Å². The lowest BCUT2D eigenvalue weighted by Crippen LogP contribution is -2.37. The quantitative estimate of drug-likeness (QED) is 0.629. The van der Waals surface area contributed by atoms with E-state index < -0.39 is 0 Å². The highest BCUT2D eigenvalue weighted by Gasteiger charge is 2.13. The van der Waals surface area contributed by atoms with E-state index in [0.29, 0.717) is 0 Å². The van der Waals surface area contributed by atoms with Crippen molar-refractivity contribution in [2.24, 2.45) is 4.99 Å². The minimum atomic E-state index is 0.726. The van der Waals surface area contributed by atoms with E-state index in [0.717, 1.165) is 50.1 Å². The molecule has 24 heavy (non-hydrogen) atoms. The van der Waals surface area contributed by atoms with Crippen LogP contribution in [0.3, 0.4) is 0 Å². The molecule has 3 heterocycles. The van der Waals surface area contributed by atoms with Crippen molar-refractivity contribution in [2.75, 3.05) is 31.6 Å². The molecule has 3 rings (SSSR count). The van der Waals surface area contributed by atoms with Gasteiger partial charge in [0.05, 0.1) is 6.26 Å². The number of anilines is 1. The second kappa shape index (κ2) is 8.38. The molecule has 6 nitrogen and oxygen atoms in total.